The van der Waals surface area contributed by atoms with Gasteiger partial charge in [-0.05, 0) is 72.5 Å². The van der Waals surface area contributed by atoms with Gasteiger partial charge in [0.25, 0.3) is 0 Å². The maximum absolute atomic E-state index is 4.60. The largest absolute Gasteiger partial charge is 0.369 e. The van der Waals surface area contributed by atoms with Crippen LogP contribution in [-0.2, 0) is 6.42 Å². The SMILES string of the molecule is CC(C)c1ccnc(CC2CCN(CCNc3cc(C(C)C)ccn3)C2)c1. The van der Waals surface area contributed by atoms with E-state index in [1.807, 2.05) is 12.4 Å². The molecule has 1 atom stereocenters. The third kappa shape index (κ3) is 5.77. The fraction of sp³-hybridized carbons (Fsp3) is 0.565. The van der Waals surface area contributed by atoms with Crippen LogP contribution in [0.1, 0.15) is 62.8 Å². The molecule has 0 amide bonds. The highest BCUT2D eigenvalue weighted by atomic mass is 15.2. The summed E-state index contributed by atoms with van der Waals surface area (Å²) < 4.78 is 0. The number of aromatic nitrogens is 2. The van der Waals surface area contributed by atoms with Crippen molar-refractivity contribution in [3.8, 4) is 0 Å². The molecular formula is C23H34N4. The minimum absolute atomic E-state index is 0.538. The molecule has 4 nitrogen and oxygen atoms in total. The average Bonchev–Trinajstić information content (AvgIpc) is 3.09. The molecule has 0 radical (unpaired) electrons. The maximum Gasteiger partial charge on any atom is 0.126 e. The zero-order chi connectivity index (χ0) is 19.2. The van der Waals surface area contributed by atoms with Gasteiger partial charge in [0.1, 0.15) is 5.82 Å². The quantitative estimate of drug-likeness (QED) is 0.735. The normalized spacial score (nSPS) is 17.8. The number of anilines is 1. The Balaban J connectivity index is 1.43. The average molecular weight is 367 g/mol. The van der Waals surface area contributed by atoms with Gasteiger partial charge in [0, 0.05) is 37.7 Å². The molecule has 2 aromatic rings. The van der Waals surface area contributed by atoms with E-state index in [0.717, 1.165) is 31.2 Å². The molecule has 0 aromatic carbocycles. The van der Waals surface area contributed by atoms with Gasteiger partial charge >= 0.3 is 0 Å². The predicted molar refractivity (Wildman–Crippen MR) is 113 cm³/mol. The summed E-state index contributed by atoms with van der Waals surface area (Å²) in [5.41, 5.74) is 3.99. The lowest BCUT2D eigenvalue weighted by atomic mass is 9.98. The van der Waals surface area contributed by atoms with E-state index in [1.54, 1.807) is 0 Å². The second kappa shape index (κ2) is 9.32. The number of pyridine rings is 2. The van der Waals surface area contributed by atoms with Crippen LogP contribution in [0.25, 0.3) is 0 Å². The van der Waals surface area contributed by atoms with E-state index in [-0.39, 0.29) is 0 Å². The Morgan fingerprint density at radius 3 is 2.48 bits per heavy atom. The molecular weight excluding hydrogens is 332 g/mol. The summed E-state index contributed by atoms with van der Waals surface area (Å²) in [6, 6.07) is 8.71. The molecule has 1 fully saturated rings. The summed E-state index contributed by atoms with van der Waals surface area (Å²) in [6.45, 7) is 13.3. The molecule has 1 N–H and O–H groups in total. The standard InChI is InChI=1S/C23H34N4/c1-17(2)20-5-8-24-22(14-20)13-19-7-11-27(16-19)12-10-26-23-15-21(18(3)4)6-9-25-23/h5-6,8-9,14-15,17-19H,7,10-13,16H2,1-4H3,(H,25,26). The topological polar surface area (TPSA) is 41.1 Å². The molecule has 146 valence electrons. The van der Waals surface area contributed by atoms with Crippen LogP contribution in [0.5, 0.6) is 0 Å². The third-order valence-corrected chi connectivity index (χ3v) is 5.56. The molecule has 3 heterocycles. The summed E-state index contributed by atoms with van der Waals surface area (Å²) >= 11 is 0. The Hall–Kier alpha value is -1.94. The first-order valence-corrected chi connectivity index (χ1v) is 10.4. The van der Waals surface area contributed by atoms with Crippen molar-refractivity contribution in [3.63, 3.8) is 0 Å². The van der Waals surface area contributed by atoms with Crippen molar-refractivity contribution in [2.75, 3.05) is 31.5 Å². The number of hydrogen-bond acceptors (Lipinski definition) is 4. The molecule has 0 spiro atoms. The van der Waals surface area contributed by atoms with Gasteiger partial charge in [-0.25, -0.2) is 4.98 Å². The molecule has 2 aromatic heterocycles. The van der Waals surface area contributed by atoms with Crippen molar-refractivity contribution in [1.82, 2.24) is 14.9 Å². The highest BCUT2D eigenvalue weighted by Crippen LogP contribution is 2.22. The molecule has 0 bridgehead atoms. The number of nitrogens with zero attached hydrogens (tertiary/aromatic N) is 3. The molecule has 27 heavy (non-hydrogen) atoms. The van der Waals surface area contributed by atoms with E-state index in [0.29, 0.717) is 11.8 Å². The van der Waals surface area contributed by atoms with Gasteiger partial charge in [-0.1, -0.05) is 27.7 Å². The Bertz CT molecular complexity index is 726. The van der Waals surface area contributed by atoms with Gasteiger partial charge in [-0.3, -0.25) is 4.98 Å². The fourth-order valence-electron chi connectivity index (χ4n) is 3.79. The van der Waals surface area contributed by atoms with E-state index >= 15 is 0 Å². The van der Waals surface area contributed by atoms with Crippen LogP contribution in [0, 0.1) is 5.92 Å². The van der Waals surface area contributed by atoms with Crippen LogP contribution in [-0.4, -0.2) is 41.0 Å². The summed E-state index contributed by atoms with van der Waals surface area (Å²) in [4.78, 5) is 11.6. The van der Waals surface area contributed by atoms with E-state index in [4.69, 9.17) is 0 Å². The summed E-state index contributed by atoms with van der Waals surface area (Å²) in [5.74, 6) is 2.82. The second-order valence-corrected chi connectivity index (χ2v) is 8.45. The van der Waals surface area contributed by atoms with Gasteiger partial charge < -0.3 is 10.2 Å². The number of hydrogen-bond donors (Lipinski definition) is 1. The van der Waals surface area contributed by atoms with Crippen LogP contribution in [0.2, 0.25) is 0 Å². The van der Waals surface area contributed by atoms with Gasteiger partial charge in [0.05, 0.1) is 0 Å². The van der Waals surface area contributed by atoms with E-state index in [2.05, 4.69) is 72.1 Å². The fourth-order valence-corrected chi connectivity index (χ4v) is 3.79. The van der Waals surface area contributed by atoms with Crippen molar-refractivity contribution in [2.45, 2.75) is 52.4 Å². The van der Waals surface area contributed by atoms with Crippen molar-refractivity contribution < 1.29 is 0 Å². The molecule has 4 heteroatoms. The Morgan fingerprint density at radius 1 is 1.04 bits per heavy atom. The molecule has 1 aliphatic rings. The number of rotatable bonds is 8. The predicted octanol–water partition coefficient (Wildman–Crippen LogP) is 4.70. The number of nitrogens with one attached hydrogen (secondary N) is 1. The van der Waals surface area contributed by atoms with Crippen LogP contribution in [0.4, 0.5) is 5.82 Å². The first kappa shape index (κ1) is 19.8. The molecule has 0 saturated carbocycles. The van der Waals surface area contributed by atoms with E-state index in [9.17, 15) is 0 Å². The highest BCUT2D eigenvalue weighted by molar-refractivity contribution is 5.38. The van der Waals surface area contributed by atoms with Crippen molar-refractivity contribution in [1.29, 1.82) is 0 Å². The maximum atomic E-state index is 4.60. The summed E-state index contributed by atoms with van der Waals surface area (Å²) in [5, 5.41) is 3.49. The monoisotopic (exact) mass is 366 g/mol. The van der Waals surface area contributed by atoms with E-state index in [1.165, 1.54) is 36.3 Å². The first-order chi connectivity index (χ1) is 13.0. The molecule has 1 saturated heterocycles. The van der Waals surface area contributed by atoms with Gasteiger partial charge in [-0.2, -0.15) is 0 Å². The Labute approximate surface area is 164 Å². The van der Waals surface area contributed by atoms with Crippen LogP contribution in [0.15, 0.2) is 36.7 Å². The Kier molecular flexibility index (Phi) is 6.84. The van der Waals surface area contributed by atoms with Crippen LogP contribution < -0.4 is 5.32 Å². The highest BCUT2D eigenvalue weighted by Gasteiger charge is 2.22. The van der Waals surface area contributed by atoms with Gasteiger partial charge in [-0.15, -0.1) is 0 Å². The summed E-state index contributed by atoms with van der Waals surface area (Å²) in [7, 11) is 0. The van der Waals surface area contributed by atoms with Gasteiger partial charge in [0.15, 0.2) is 0 Å². The second-order valence-electron chi connectivity index (χ2n) is 8.45. The first-order valence-electron chi connectivity index (χ1n) is 10.4. The van der Waals surface area contributed by atoms with E-state index < -0.39 is 0 Å². The minimum atomic E-state index is 0.538. The lowest BCUT2D eigenvalue weighted by Gasteiger charge is -2.17. The van der Waals surface area contributed by atoms with Crippen LogP contribution in [0.3, 0.4) is 0 Å². The van der Waals surface area contributed by atoms with Crippen molar-refractivity contribution in [3.05, 3.63) is 53.5 Å². The Morgan fingerprint density at radius 2 is 1.74 bits per heavy atom. The zero-order valence-electron chi connectivity index (χ0n) is 17.3. The van der Waals surface area contributed by atoms with Crippen molar-refractivity contribution in [2.24, 2.45) is 5.92 Å². The lowest BCUT2D eigenvalue weighted by Crippen LogP contribution is -2.27. The third-order valence-electron chi connectivity index (χ3n) is 5.56. The molecule has 1 unspecified atom stereocenters. The minimum Gasteiger partial charge on any atom is -0.369 e. The van der Waals surface area contributed by atoms with Gasteiger partial charge in [0.2, 0.25) is 0 Å². The zero-order valence-corrected chi connectivity index (χ0v) is 17.3. The molecule has 3 rings (SSSR count). The molecule has 1 aliphatic heterocycles. The molecule has 0 aliphatic carbocycles. The van der Waals surface area contributed by atoms with Crippen molar-refractivity contribution >= 4 is 5.82 Å². The number of likely N-dealkylation sites (tertiary alicyclic amines) is 1. The van der Waals surface area contributed by atoms with Crippen LogP contribution >= 0.6 is 0 Å². The summed E-state index contributed by atoms with van der Waals surface area (Å²) in [6.07, 6.45) is 6.25. The lowest BCUT2D eigenvalue weighted by molar-refractivity contribution is 0.336. The smallest absolute Gasteiger partial charge is 0.126 e.